The summed E-state index contributed by atoms with van der Waals surface area (Å²) in [4.78, 5) is 15.7. The van der Waals surface area contributed by atoms with Crippen LogP contribution in [-0.2, 0) is 4.79 Å². The van der Waals surface area contributed by atoms with Crippen LogP contribution in [0.2, 0.25) is 0 Å². The lowest BCUT2D eigenvalue weighted by Gasteiger charge is -2.07. The molecule has 7 nitrogen and oxygen atoms in total. The number of nitrogens with zero attached hydrogens (tertiary/aromatic N) is 3. The summed E-state index contributed by atoms with van der Waals surface area (Å²) in [6.45, 7) is 1.04. The van der Waals surface area contributed by atoms with E-state index in [0.717, 1.165) is 11.3 Å². The molecular weight excluding hydrogens is 340 g/mol. The maximum atomic E-state index is 11.8. The lowest BCUT2D eigenvalue weighted by molar-refractivity contribution is -0.116. The normalized spacial score (nSPS) is 10.5. The first kappa shape index (κ1) is 18.1. The maximum Gasteiger partial charge on any atom is 0.244 e. The molecule has 0 saturated heterocycles. The molecule has 0 unspecified atom stereocenters. The molecule has 2 heterocycles. The summed E-state index contributed by atoms with van der Waals surface area (Å²) in [5.41, 5.74) is 1.88. The number of amides is 1. The molecule has 0 aliphatic rings. The Balaban J connectivity index is 1.37. The van der Waals surface area contributed by atoms with Crippen LogP contribution in [0.25, 0.3) is 6.08 Å². The van der Waals surface area contributed by atoms with Gasteiger partial charge >= 0.3 is 0 Å². The molecule has 0 saturated carbocycles. The Morgan fingerprint density at radius 1 is 0.889 bits per heavy atom. The van der Waals surface area contributed by atoms with Gasteiger partial charge in [-0.05, 0) is 35.9 Å². The Morgan fingerprint density at radius 2 is 1.63 bits per heavy atom. The third kappa shape index (κ3) is 6.24. The Morgan fingerprint density at radius 3 is 2.37 bits per heavy atom. The van der Waals surface area contributed by atoms with Crippen LogP contribution in [0.4, 0.5) is 17.3 Å². The van der Waals surface area contributed by atoms with Crippen molar-refractivity contribution in [2.75, 3.05) is 23.7 Å². The molecule has 0 atom stereocenters. The van der Waals surface area contributed by atoms with Crippen LogP contribution in [0.15, 0.2) is 73.1 Å². The van der Waals surface area contributed by atoms with Gasteiger partial charge in [-0.25, -0.2) is 0 Å². The zero-order valence-corrected chi connectivity index (χ0v) is 14.7. The van der Waals surface area contributed by atoms with Gasteiger partial charge in [-0.2, -0.15) is 0 Å². The summed E-state index contributed by atoms with van der Waals surface area (Å²) in [5, 5.41) is 17.3. The summed E-state index contributed by atoms with van der Waals surface area (Å²) in [6.07, 6.45) is 6.71. The van der Waals surface area contributed by atoms with E-state index in [1.807, 2.05) is 54.6 Å². The molecule has 136 valence electrons. The van der Waals surface area contributed by atoms with Crippen molar-refractivity contribution in [3.05, 3.63) is 78.6 Å². The molecular formula is C20H20N6O. The summed E-state index contributed by atoms with van der Waals surface area (Å²) in [7, 11) is 0. The predicted octanol–water partition coefficient (Wildman–Crippen LogP) is 2.86. The summed E-state index contributed by atoms with van der Waals surface area (Å²) in [5.74, 6) is 1.15. The Labute approximate surface area is 157 Å². The number of carbonyl (C=O) groups is 1. The number of rotatable bonds is 8. The van der Waals surface area contributed by atoms with Gasteiger partial charge in [0.15, 0.2) is 5.82 Å². The number of hydrogen-bond donors (Lipinski definition) is 3. The lowest BCUT2D eigenvalue weighted by Crippen LogP contribution is -2.27. The zero-order valence-electron chi connectivity index (χ0n) is 14.7. The highest BCUT2D eigenvalue weighted by Gasteiger charge is 1.99. The molecule has 27 heavy (non-hydrogen) atoms. The second kappa shape index (κ2) is 9.67. The average Bonchev–Trinajstić information content (AvgIpc) is 2.72. The molecule has 0 aliphatic carbocycles. The molecule has 0 spiro atoms. The molecule has 1 amide bonds. The lowest BCUT2D eigenvalue weighted by atomic mass is 10.2. The number of anilines is 3. The van der Waals surface area contributed by atoms with E-state index in [2.05, 4.69) is 31.1 Å². The number of benzene rings is 1. The average molecular weight is 360 g/mol. The van der Waals surface area contributed by atoms with Crippen molar-refractivity contribution in [2.24, 2.45) is 0 Å². The van der Waals surface area contributed by atoms with Crippen molar-refractivity contribution in [1.82, 2.24) is 20.5 Å². The molecule has 0 radical (unpaired) electrons. The van der Waals surface area contributed by atoms with E-state index in [9.17, 15) is 4.79 Å². The topological polar surface area (TPSA) is 91.8 Å². The second-order valence-corrected chi connectivity index (χ2v) is 5.63. The van der Waals surface area contributed by atoms with E-state index < -0.39 is 0 Å². The minimum absolute atomic E-state index is 0.136. The quantitative estimate of drug-likeness (QED) is 0.423. The van der Waals surface area contributed by atoms with Gasteiger partial charge in [0.05, 0.1) is 0 Å². The maximum absolute atomic E-state index is 11.8. The Kier molecular flexibility index (Phi) is 6.47. The smallest absolute Gasteiger partial charge is 0.244 e. The fourth-order valence-corrected chi connectivity index (χ4v) is 2.25. The minimum Gasteiger partial charge on any atom is -0.367 e. The van der Waals surface area contributed by atoms with Crippen LogP contribution < -0.4 is 16.0 Å². The molecule has 3 aromatic rings. The minimum atomic E-state index is -0.136. The van der Waals surface area contributed by atoms with Gasteiger partial charge in [0.1, 0.15) is 5.82 Å². The number of aromatic nitrogens is 3. The fraction of sp³-hybridized carbons (Fsp3) is 0.100. The molecule has 1 aromatic carbocycles. The number of pyridine rings is 1. The first-order valence-electron chi connectivity index (χ1n) is 8.55. The van der Waals surface area contributed by atoms with Crippen molar-refractivity contribution in [1.29, 1.82) is 0 Å². The Hall–Kier alpha value is -3.74. The van der Waals surface area contributed by atoms with Crippen LogP contribution in [0, 0.1) is 0 Å². The van der Waals surface area contributed by atoms with E-state index in [0.29, 0.717) is 24.7 Å². The molecule has 2 aromatic heterocycles. The van der Waals surface area contributed by atoms with Crippen molar-refractivity contribution in [3.63, 3.8) is 0 Å². The van der Waals surface area contributed by atoms with E-state index in [1.165, 1.54) is 6.08 Å². The van der Waals surface area contributed by atoms with Crippen LogP contribution in [0.1, 0.15) is 5.56 Å². The number of carbonyl (C=O) groups excluding carboxylic acids is 1. The first-order chi connectivity index (χ1) is 13.3. The zero-order chi connectivity index (χ0) is 18.7. The van der Waals surface area contributed by atoms with E-state index in [4.69, 9.17) is 0 Å². The monoisotopic (exact) mass is 360 g/mol. The van der Waals surface area contributed by atoms with Crippen molar-refractivity contribution in [3.8, 4) is 0 Å². The standard InChI is InChI=1S/C20H20N6O/c27-20(9-6-16-4-2-1-3-5-16)23-15-14-22-18-7-8-19(26-25-18)24-17-10-12-21-13-11-17/h1-13H,14-15H2,(H,22,25)(H,23,27)(H,21,24,26). The summed E-state index contributed by atoms with van der Waals surface area (Å²) in [6, 6.07) is 17.0. The first-order valence-corrected chi connectivity index (χ1v) is 8.55. The van der Waals surface area contributed by atoms with Gasteiger partial charge in [-0.1, -0.05) is 30.3 Å². The molecule has 0 bridgehead atoms. The highest BCUT2D eigenvalue weighted by molar-refractivity contribution is 5.91. The van der Waals surface area contributed by atoms with Gasteiger partial charge < -0.3 is 16.0 Å². The van der Waals surface area contributed by atoms with Gasteiger partial charge in [0.2, 0.25) is 5.91 Å². The van der Waals surface area contributed by atoms with Crippen LogP contribution in [-0.4, -0.2) is 34.2 Å². The van der Waals surface area contributed by atoms with Crippen LogP contribution in [0.5, 0.6) is 0 Å². The molecule has 3 rings (SSSR count). The van der Waals surface area contributed by atoms with Gasteiger partial charge in [0.25, 0.3) is 0 Å². The summed E-state index contributed by atoms with van der Waals surface area (Å²) < 4.78 is 0. The predicted molar refractivity (Wildman–Crippen MR) is 107 cm³/mol. The second-order valence-electron chi connectivity index (χ2n) is 5.63. The highest BCUT2D eigenvalue weighted by Crippen LogP contribution is 2.13. The molecule has 3 N–H and O–H groups in total. The number of hydrogen-bond acceptors (Lipinski definition) is 6. The van der Waals surface area contributed by atoms with Gasteiger partial charge in [0, 0.05) is 37.2 Å². The fourth-order valence-electron chi connectivity index (χ4n) is 2.25. The van der Waals surface area contributed by atoms with Crippen LogP contribution >= 0.6 is 0 Å². The van der Waals surface area contributed by atoms with Crippen molar-refractivity contribution >= 4 is 29.3 Å². The third-order valence-corrected chi connectivity index (χ3v) is 3.57. The molecule has 0 fully saturated rings. The van der Waals surface area contributed by atoms with Gasteiger partial charge in [-0.3, -0.25) is 9.78 Å². The van der Waals surface area contributed by atoms with Crippen molar-refractivity contribution < 1.29 is 4.79 Å². The Bertz CT molecular complexity index is 866. The largest absolute Gasteiger partial charge is 0.367 e. The molecule has 0 aliphatic heterocycles. The third-order valence-electron chi connectivity index (χ3n) is 3.57. The van der Waals surface area contributed by atoms with E-state index in [-0.39, 0.29) is 5.91 Å². The van der Waals surface area contributed by atoms with Crippen molar-refractivity contribution in [2.45, 2.75) is 0 Å². The molecule has 7 heteroatoms. The number of nitrogens with one attached hydrogen (secondary N) is 3. The highest BCUT2D eigenvalue weighted by atomic mass is 16.1. The summed E-state index contributed by atoms with van der Waals surface area (Å²) >= 11 is 0. The van der Waals surface area contributed by atoms with Gasteiger partial charge in [-0.15, -0.1) is 10.2 Å². The SMILES string of the molecule is O=C(C=Cc1ccccc1)NCCNc1ccc(Nc2ccncc2)nn1. The van der Waals surface area contributed by atoms with Crippen LogP contribution in [0.3, 0.4) is 0 Å². The van der Waals surface area contributed by atoms with E-state index >= 15 is 0 Å². The van der Waals surface area contributed by atoms with E-state index in [1.54, 1.807) is 18.5 Å².